The number of nitrogens with one attached hydrogen (secondary N) is 1. The van der Waals surface area contributed by atoms with E-state index in [1.54, 1.807) is 0 Å². The fraction of sp³-hybridized carbons (Fsp3) is 0.615. The summed E-state index contributed by atoms with van der Waals surface area (Å²) in [6.07, 6.45) is 3.80. The van der Waals surface area contributed by atoms with Crippen molar-refractivity contribution in [2.75, 3.05) is 19.0 Å². The van der Waals surface area contributed by atoms with E-state index >= 15 is 0 Å². The van der Waals surface area contributed by atoms with Crippen LogP contribution in [0.2, 0.25) is 0 Å². The molecule has 0 fully saturated rings. The molecule has 1 atom stereocenters. The summed E-state index contributed by atoms with van der Waals surface area (Å²) in [4.78, 5) is 6.52. The van der Waals surface area contributed by atoms with E-state index in [-0.39, 0.29) is 0 Å². The van der Waals surface area contributed by atoms with E-state index < -0.39 is 0 Å². The Morgan fingerprint density at radius 3 is 2.62 bits per heavy atom. The van der Waals surface area contributed by atoms with Crippen LogP contribution in [0.1, 0.15) is 26.3 Å². The standard InChI is InChI=1S/C13H23N3/c1-10(2)11(3)16(5)13-6-7-15-9-12(13)8-14-4/h6-7,9-11,14H,8H2,1-5H3. The van der Waals surface area contributed by atoms with Gasteiger partial charge in [-0.25, -0.2) is 0 Å². The van der Waals surface area contributed by atoms with Gasteiger partial charge in [0.05, 0.1) is 0 Å². The highest BCUT2D eigenvalue weighted by Crippen LogP contribution is 2.22. The molecule has 0 spiro atoms. The summed E-state index contributed by atoms with van der Waals surface area (Å²) >= 11 is 0. The maximum atomic E-state index is 4.18. The Kier molecular flexibility index (Phi) is 4.74. The number of pyridine rings is 1. The van der Waals surface area contributed by atoms with E-state index in [0.29, 0.717) is 12.0 Å². The summed E-state index contributed by atoms with van der Waals surface area (Å²) in [7, 11) is 4.11. The smallest absolute Gasteiger partial charge is 0.0442 e. The van der Waals surface area contributed by atoms with Crippen LogP contribution < -0.4 is 10.2 Å². The third kappa shape index (κ3) is 2.95. The zero-order valence-electron chi connectivity index (χ0n) is 11.0. The van der Waals surface area contributed by atoms with E-state index in [1.807, 2.05) is 19.4 Å². The van der Waals surface area contributed by atoms with Gasteiger partial charge in [0.1, 0.15) is 0 Å². The topological polar surface area (TPSA) is 28.2 Å². The second-order valence-electron chi connectivity index (χ2n) is 4.63. The van der Waals surface area contributed by atoms with Crippen LogP contribution in [-0.4, -0.2) is 25.1 Å². The average Bonchev–Trinajstić information content (AvgIpc) is 2.28. The average molecular weight is 221 g/mol. The van der Waals surface area contributed by atoms with Gasteiger partial charge >= 0.3 is 0 Å². The highest BCUT2D eigenvalue weighted by Gasteiger charge is 2.15. The highest BCUT2D eigenvalue weighted by atomic mass is 15.1. The summed E-state index contributed by atoms with van der Waals surface area (Å²) in [5.41, 5.74) is 2.52. The molecule has 0 aliphatic carbocycles. The molecule has 1 rings (SSSR count). The number of anilines is 1. The van der Waals surface area contributed by atoms with Crippen LogP contribution >= 0.6 is 0 Å². The van der Waals surface area contributed by atoms with Crippen molar-refractivity contribution >= 4 is 5.69 Å². The summed E-state index contributed by atoms with van der Waals surface area (Å²) in [5.74, 6) is 0.639. The predicted octanol–water partition coefficient (Wildman–Crippen LogP) is 2.28. The quantitative estimate of drug-likeness (QED) is 0.827. The van der Waals surface area contributed by atoms with Gasteiger partial charge in [0.15, 0.2) is 0 Å². The second kappa shape index (κ2) is 5.85. The van der Waals surface area contributed by atoms with E-state index in [0.717, 1.165) is 6.54 Å². The van der Waals surface area contributed by atoms with Crippen molar-refractivity contribution in [1.29, 1.82) is 0 Å². The lowest BCUT2D eigenvalue weighted by Crippen LogP contribution is -2.34. The number of aromatic nitrogens is 1. The zero-order valence-corrected chi connectivity index (χ0v) is 11.0. The van der Waals surface area contributed by atoms with Crippen molar-refractivity contribution in [3.8, 4) is 0 Å². The first-order chi connectivity index (χ1) is 7.57. The lowest BCUT2D eigenvalue weighted by molar-refractivity contribution is 0.504. The first kappa shape index (κ1) is 13.0. The molecule has 1 unspecified atom stereocenters. The molecular weight excluding hydrogens is 198 g/mol. The van der Waals surface area contributed by atoms with Gasteiger partial charge in [-0.1, -0.05) is 13.8 Å². The first-order valence-corrected chi connectivity index (χ1v) is 5.88. The molecule has 0 amide bonds. The summed E-state index contributed by atoms with van der Waals surface area (Å²) < 4.78 is 0. The Labute approximate surface area is 98.9 Å². The van der Waals surface area contributed by atoms with Crippen LogP contribution in [0.15, 0.2) is 18.5 Å². The number of rotatable bonds is 5. The van der Waals surface area contributed by atoms with Gasteiger partial charge < -0.3 is 10.2 Å². The Balaban J connectivity index is 2.93. The van der Waals surface area contributed by atoms with Crippen LogP contribution in [0.4, 0.5) is 5.69 Å². The molecule has 0 aromatic carbocycles. The molecule has 0 aliphatic rings. The molecule has 16 heavy (non-hydrogen) atoms. The maximum absolute atomic E-state index is 4.18. The molecule has 1 aromatic heterocycles. The molecule has 3 heteroatoms. The van der Waals surface area contributed by atoms with E-state index in [2.05, 4.69) is 49.1 Å². The molecular formula is C13H23N3. The zero-order chi connectivity index (χ0) is 12.1. The van der Waals surface area contributed by atoms with Crippen molar-refractivity contribution < 1.29 is 0 Å². The monoisotopic (exact) mass is 221 g/mol. The van der Waals surface area contributed by atoms with Gasteiger partial charge in [0.25, 0.3) is 0 Å². The normalized spacial score (nSPS) is 12.9. The van der Waals surface area contributed by atoms with Crippen molar-refractivity contribution in [1.82, 2.24) is 10.3 Å². The Morgan fingerprint density at radius 2 is 2.06 bits per heavy atom. The molecule has 1 heterocycles. The lowest BCUT2D eigenvalue weighted by Gasteiger charge is -2.31. The minimum absolute atomic E-state index is 0.526. The third-order valence-corrected chi connectivity index (χ3v) is 3.20. The van der Waals surface area contributed by atoms with Crippen LogP contribution in [0.5, 0.6) is 0 Å². The fourth-order valence-corrected chi connectivity index (χ4v) is 1.76. The van der Waals surface area contributed by atoms with E-state index in [1.165, 1.54) is 11.3 Å². The van der Waals surface area contributed by atoms with Gasteiger partial charge in [-0.05, 0) is 26.0 Å². The SMILES string of the molecule is CNCc1cnccc1N(C)C(C)C(C)C. The molecule has 0 aliphatic heterocycles. The fourth-order valence-electron chi connectivity index (χ4n) is 1.76. The molecule has 90 valence electrons. The van der Waals surface area contributed by atoms with Gasteiger partial charge in [-0.15, -0.1) is 0 Å². The van der Waals surface area contributed by atoms with Crippen LogP contribution in [0.3, 0.4) is 0 Å². The number of hydrogen-bond donors (Lipinski definition) is 1. The predicted molar refractivity (Wildman–Crippen MR) is 69.7 cm³/mol. The molecule has 0 saturated carbocycles. The van der Waals surface area contributed by atoms with Crippen molar-refractivity contribution in [2.24, 2.45) is 5.92 Å². The van der Waals surface area contributed by atoms with Crippen molar-refractivity contribution in [3.05, 3.63) is 24.0 Å². The van der Waals surface area contributed by atoms with E-state index in [9.17, 15) is 0 Å². The number of hydrogen-bond acceptors (Lipinski definition) is 3. The Bertz CT molecular complexity index is 323. The van der Waals surface area contributed by atoms with Crippen LogP contribution in [0.25, 0.3) is 0 Å². The molecule has 0 bridgehead atoms. The van der Waals surface area contributed by atoms with Gasteiger partial charge in [-0.2, -0.15) is 0 Å². The Morgan fingerprint density at radius 1 is 1.38 bits per heavy atom. The van der Waals surface area contributed by atoms with Crippen LogP contribution in [-0.2, 0) is 6.54 Å². The highest BCUT2D eigenvalue weighted by molar-refractivity contribution is 5.52. The van der Waals surface area contributed by atoms with Crippen molar-refractivity contribution in [2.45, 2.75) is 33.4 Å². The third-order valence-electron chi connectivity index (χ3n) is 3.20. The molecule has 3 nitrogen and oxygen atoms in total. The second-order valence-corrected chi connectivity index (χ2v) is 4.63. The Hall–Kier alpha value is -1.09. The maximum Gasteiger partial charge on any atom is 0.0442 e. The van der Waals surface area contributed by atoms with Crippen molar-refractivity contribution in [3.63, 3.8) is 0 Å². The van der Waals surface area contributed by atoms with Gasteiger partial charge in [0, 0.05) is 43.3 Å². The van der Waals surface area contributed by atoms with Gasteiger partial charge in [0.2, 0.25) is 0 Å². The molecule has 1 N–H and O–H groups in total. The molecule has 0 saturated heterocycles. The van der Waals surface area contributed by atoms with E-state index in [4.69, 9.17) is 0 Å². The largest absolute Gasteiger partial charge is 0.371 e. The molecule has 1 aromatic rings. The first-order valence-electron chi connectivity index (χ1n) is 5.88. The summed E-state index contributed by atoms with van der Waals surface area (Å²) in [5, 5.41) is 3.18. The van der Waals surface area contributed by atoms with Gasteiger partial charge in [-0.3, -0.25) is 4.98 Å². The van der Waals surface area contributed by atoms with Crippen LogP contribution in [0, 0.1) is 5.92 Å². The summed E-state index contributed by atoms with van der Waals surface area (Å²) in [6.45, 7) is 7.62. The summed E-state index contributed by atoms with van der Waals surface area (Å²) in [6, 6.07) is 2.61. The minimum Gasteiger partial charge on any atom is -0.371 e. The lowest BCUT2D eigenvalue weighted by atomic mass is 10.0. The molecule has 0 radical (unpaired) electrons. The number of nitrogens with zero attached hydrogens (tertiary/aromatic N) is 2. The minimum atomic E-state index is 0.526.